The largest absolute Gasteiger partial charge is 0.508 e. The zero-order chi connectivity index (χ0) is 22.9. The lowest BCUT2D eigenvalue weighted by Crippen LogP contribution is -2.07. The number of benzene rings is 3. The smallest absolute Gasteiger partial charge is 0.347 e. The van der Waals surface area contributed by atoms with Gasteiger partial charge in [-0.15, -0.1) is 0 Å². The molecule has 1 N–H and O–H groups in total. The van der Waals surface area contributed by atoms with E-state index in [-0.39, 0.29) is 17.4 Å². The Morgan fingerprint density at radius 2 is 1.73 bits per heavy atom. The number of para-hydroxylation sites is 1. The molecule has 0 fully saturated rings. The van der Waals surface area contributed by atoms with Crippen LogP contribution in [0.2, 0.25) is 0 Å². The molecular formula is C26H17NO6. The molecular weight excluding hydrogens is 422 g/mol. The number of ether oxygens (including phenoxy) is 1. The van der Waals surface area contributed by atoms with E-state index < -0.39 is 11.3 Å². The lowest BCUT2D eigenvalue weighted by atomic mass is 10.1. The van der Waals surface area contributed by atoms with Crippen LogP contribution in [-0.2, 0) is 0 Å². The van der Waals surface area contributed by atoms with E-state index in [2.05, 4.69) is 4.98 Å². The van der Waals surface area contributed by atoms with Crippen LogP contribution in [-0.4, -0.2) is 10.1 Å². The van der Waals surface area contributed by atoms with Crippen LogP contribution in [0.1, 0.15) is 17.0 Å². The molecule has 0 atom stereocenters. The summed E-state index contributed by atoms with van der Waals surface area (Å²) in [5.41, 5.74) is 1.30. The van der Waals surface area contributed by atoms with Gasteiger partial charge in [-0.05, 0) is 60.5 Å². The van der Waals surface area contributed by atoms with Gasteiger partial charge in [0.15, 0.2) is 5.76 Å². The van der Waals surface area contributed by atoms with Gasteiger partial charge in [-0.3, -0.25) is 0 Å². The first-order valence-corrected chi connectivity index (χ1v) is 10.1. The van der Waals surface area contributed by atoms with Crippen LogP contribution in [0.15, 0.2) is 91.2 Å². The highest BCUT2D eigenvalue weighted by Crippen LogP contribution is 2.27. The molecule has 5 rings (SSSR count). The number of aromatic hydroxyl groups is 1. The number of hydrogen-bond donors (Lipinski definition) is 1. The molecule has 0 amide bonds. The third-order valence-electron chi connectivity index (χ3n) is 5.09. The van der Waals surface area contributed by atoms with Crippen LogP contribution in [0.4, 0.5) is 0 Å². The molecule has 7 nitrogen and oxygen atoms in total. The minimum Gasteiger partial charge on any atom is -0.508 e. The average molecular weight is 439 g/mol. The lowest BCUT2D eigenvalue weighted by Gasteiger charge is -2.10. The Kier molecular flexibility index (Phi) is 4.99. The van der Waals surface area contributed by atoms with Crippen molar-refractivity contribution in [3.63, 3.8) is 0 Å². The predicted molar refractivity (Wildman–Crippen MR) is 124 cm³/mol. The van der Waals surface area contributed by atoms with Crippen LogP contribution in [0.5, 0.6) is 11.5 Å². The summed E-state index contributed by atoms with van der Waals surface area (Å²) in [4.78, 5) is 28.8. The van der Waals surface area contributed by atoms with Gasteiger partial charge in [0, 0.05) is 17.5 Å². The Morgan fingerprint density at radius 1 is 0.939 bits per heavy atom. The number of rotatable bonds is 4. The summed E-state index contributed by atoms with van der Waals surface area (Å²) in [7, 11) is 0. The van der Waals surface area contributed by atoms with Gasteiger partial charge in [-0.1, -0.05) is 24.3 Å². The van der Waals surface area contributed by atoms with Crippen molar-refractivity contribution < 1.29 is 18.7 Å². The highest BCUT2D eigenvalue weighted by atomic mass is 16.5. The second-order valence-electron chi connectivity index (χ2n) is 7.43. The normalized spacial score (nSPS) is 11.7. The van der Waals surface area contributed by atoms with E-state index in [4.69, 9.17) is 13.6 Å². The molecule has 0 aliphatic heterocycles. The fourth-order valence-corrected chi connectivity index (χ4v) is 3.48. The molecule has 2 heterocycles. The van der Waals surface area contributed by atoms with Gasteiger partial charge in [0.1, 0.15) is 17.1 Å². The summed E-state index contributed by atoms with van der Waals surface area (Å²) in [5, 5.41) is 10.7. The molecule has 0 spiro atoms. The number of aryl methyl sites for hydroxylation is 1. The molecule has 0 unspecified atom stereocenters. The van der Waals surface area contributed by atoms with Crippen LogP contribution in [0.25, 0.3) is 33.7 Å². The Balaban J connectivity index is 1.65. The van der Waals surface area contributed by atoms with E-state index in [1.165, 1.54) is 18.2 Å². The fraction of sp³-hybridized carbons (Fsp3) is 0.0385. The predicted octanol–water partition coefficient (Wildman–Crippen LogP) is 4.89. The maximum Gasteiger partial charge on any atom is 0.347 e. The molecule has 2 aromatic heterocycles. The number of aromatic nitrogens is 1. The van der Waals surface area contributed by atoms with Crippen molar-refractivity contribution in [3.8, 4) is 11.5 Å². The molecule has 0 saturated carbocycles. The van der Waals surface area contributed by atoms with E-state index in [1.54, 1.807) is 60.7 Å². The van der Waals surface area contributed by atoms with E-state index in [0.717, 1.165) is 10.9 Å². The fourth-order valence-electron chi connectivity index (χ4n) is 3.48. The molecule has 0 aliphatic rings. The molecule has 3 aromatic carbocycles. The quantitative estimate of drug-likeness (QED) is 0.314. The molecule has 0 saturated heterocycles. The monoisotopic (exact) mass is 439 g/mol. The Bertz CT molecular complexity index is 1640. The first-order chi connectivity index (χ1) is 16.0. The van der Waals surface area contributed by atoms with Crippen molar-refractivity contribution in [2.45, 2.75) is 6.92 Å². The van der Waals surface area contributed by atoms with Gasteiger partial charge in [0.2, 0.25) is 0 Å². The zero-order valence-electron chi connectivity index (χ0n) is 17.4. The van der Waals surface area contributed by atoms with Crippen molar-refractivity contribution in [2.24, 2.45) is 0 Å². The van der Waals surface area contributed by atoms with Gasteiger partial charge < -0.3 is 18.7 Å². The summed E-state index contributed by atoms with van der Waals surface area (Å²) in [6, 6.07) is 19.8. The van der Waals surface area contributed by atoms with E-state index >= 15 is 0 Å². The van der Waals surface area contributed by atoms with Crippen molar-refractivity contribution >= 4 is 33.7 Å². The van der Waals surface area contributed by atoms with E-state index in [0.29, 0.717) is 27.8 Å². The van der Waals surface area contributed by atoms with Gasteiger partial charge in [-0.2, -0.15) is 0 Å². The highest BCUT2D eigenvalue weighted by Gasteiger charge is 2.15. The SMILES string of the molecule is Cc1cc(=O)oc2cc(O/C(=C/c3ccc(O)cc3)c3nc4ccccc4c(=O)o3)ccc12. The maximum atomic E-state index is 12.5. The first kappa shape index (κ1) is 20.3. The maximum absolute atomic E-state index is 12.5. The van der Waals surface area contributed by atoms with E-state index in [1.807, 2.05) is 6.92 Å². The summed E-state index contributed by atoms with van der Waals surface area (Å²) in [6.07, 6.45) is 1.64. The molecule has 0 aliphatic carbocycles. The minimum absolute atomic E-state index is 0.0161. The molecule has 0 bridgehead atoms. The second-order valence-corrected chi connectivity index (χ2v) is 7.43. The highest BCUT2D eigenvalue weighted by molar-refractivity contribution is 5.83. The average Bonchev–Trinajstić information content (AvgIpc) is 2.79. The zero-order valence-corrected chi connectivity index (χ0v) is 17.4. The van der Waals surface area contributed by atoms with Crippen molar-refractivity contribution in [2.75, 3.05) is 0 Å². The molecule has 0 radical (unpaired) electrons. The molecule has 33 heavy (non-hydrogen) atoms. The number of fused-ring (bicyclic) bond motifs is 2. The Labute approximate surface area is 186 Å². The standard InChI is InChI=1S/C26H17NO6/c1-15-12-24(29)32-22-14-18(10-11-19(15)22)31-23(13-16-6-8-17(28)9-7-16)25-27-21-5-3-2-4-20(21)26(30)33-25/h2-14,28H,1H3/b23-13+. The molecule has 5 aromatic rings. The minimum atomic E-state index is -0.545. The summed E-state index contributed by atoms with van der Waals surface area (Å²) in [5.74, 6) is 0.624. The van der Waals surface area contributed by atoms with Gasteiger partial charge >= 0.3 is 11.3 Å². The van der Waals surface area contributed by atoms with Crippen LogP contribution < -0.4 is 16.0 Å². The summed E-state index contributed by atoms with van der Waals surface area (Å²) in [6.45, 7) is 1.82. The van der Waals surface area contributed by atoms with Crippen LogP contribution >= 0.6 is 0 Å². The summed E-state index contributed by atoms with van der Waals surface area (Å²) < 4.78 is 16.8. The van der Waals surface area contributed by atoms with Gasteiger partial charge in [0.05, 0.1) is 10.9 Å². The topological polar surface area (TPSA) is 103 Å². The van der Waals surface area contributed by atoms with Crippen LogP contribution in [0.3, 0.4) is 0 Å². The third kappa shape index (κ3) is 4.12. The van der Waals surface area contributed by atoms with Crippen molar-refractivity contribution in [1.29, 1.82) is 0 Å². The number of hydrogen-bond acceptors (Lipinski definition) is 7. The van der Waals surface area contributed by atoms with Crippen LogP contribution in [0, 0.1) is 6.92 Å². The summed E-state index contributed by atoms with van der Waals surface area (Å²) >= 11 is 0. The molecule has 162 valence electrons. The Morgan fingerprint density at radius 3 is 2.55 bits per heavy atom. The number of phenolic OH excluding ortho intramolecular Hbond substituents is 1. The first-order valence-electron chi connectivity index (χ1n) is 10.1. The third-order valence-corrected chi connectivity index (χ3v) is 5.09. The van der Waals surface area contributed by atoms with Gasteiger partial charge in [0.25, 0.3) is 5.89 Å². The lowest BCUT2D eigenvalue weighted by molar-refractivity contribution is 0.431. The Hall–Kier alpha value is -4.65. The van der Waals surface area contributed by atoms with Gasteiger partial charge in [-0.25, -0.2) is 14.6 Å². The van der Waals surface area contributed by atoms with E-state index in [9.17, 15) is 14.7 Å². The van der Waals surface area contributed by atoms with Crippen molar-refractivity contribution in [1.82, 2.24) is 4.98 Å². The molecule has 7 heteroatoms. The number of phenols is 1. The number of nitrogens with zero attached hydrogens (tertiary/aromatic N) is 1. The second kappa shape index (κ2) is 8.12. The van der Waals surface area contributed by atoms with Crippen molar-refractivity contribution in [3.05, 3.63) is 111 Å².